The number of sulfone groups is 1. The maximum Gasteiger partial charge on any atom is 0.175 e. The summed E-state index contributed by atoms with van der Waals surface area (Å²) in [6.07, 6.45) is 1.21. The normalized spacial score (nSPS) is 12.6. The molecule has 2 N–H and O–H groups in total. The summed E-state index contributed by atoms with van der Waals surface area (Å²) in [7, 11) is -3.17. The lowest BCUT2D eigenvalue weighted by molar-refractivity contribution is 0.602. The Morgan fingerprint density at radius 1 is 1.00 bits per heavy atom. The molecule has 20 heavy (non-hydrogen) atoms. The van der Waals surface area contributed by atoms with Gasteiger partial charge in [0.2, 0.25) is 0 Å². The molecule has 0 aliphatic heterocycles. The predicted octanol–water partition coefficient (Wildman–Crippen LogP) is 3.20. The fourth-order valence-electron chi connectivity index (χ4n) is 1.89. The molecule has 0 amide bonds. The molecule has 0 spiro atoms. The quantitative estimate of drug-likeness (QED) is 0.947. The van der Waals surface area contributed by atoms with Crippen molar-refractivity contribution in [3.63, 3.8) is 0 Å². The van der Waals surface area contributed by atoms with E-state index in [1.807, 2.05) is 37.3 Å². The van der Waals surface area contributed by atoms with Crippen LogP contribution in [0.15, 0.2) is 53.4 Å². The molecule has 0 saturated carbocycles. The van der Waals surface area contributed by atoms with Crippen LogP contribution in [0.5, 0.6) is 0 Å². The average molecular weight is 312 g/mol. The maximum atomic E-state index is 11.5. The topological polar surface area (TPSA) is 60.2 Å². The Morgan fingerprint density at radius 3 is 2.10 bits per heavy atom. The van der Waals surface area contributed by atoms with Crippen molar-refractivity contribution >= 4 is 22.2 Å². The molecule has 0 radical (unpaired) electrons. The van der Waals surface area contributed by atoms with E-state index in [9.17, 15) is 8.42 Å². The third-order valence-electron chi connectivity index (χ3n) is 3.03. The Kier molecular flexibility index (Phi) is 5.34. The Balaban J connectivity index is 0.00000200. The molecular formula is C15H18ClNO2S. The molecule has 2 aromatic rings. The molecule has 0 aliphatic carbocycles. The van der Waals surface area contributed by atoms with Crippen LogP contribution >= 0.6 is 12.4 Å². The lowest BCUT2D eigenvalue weighted by Crippen LogP contribution is -2.04. The van der Waals surface area contributed by atoms with Crippen LogP contribution in [-0.4, -0.2) is 14.7 Å². The van der Waals surface area contributed by atoms with E-state index in [0.717, 1.165) is 16.7 Å². The van der Waals surface area contributed by atoms with Gasteiger partial charge in [-0.3, -0.25) is 0 Å². The highest BCUT2D eigenvalue weighted by atomic mass is 35.5. The second kappa shape index (κ2) is 6.39. The summed E-state index contributed by atoms with van der Waals surface area (Å²) in [5, 5.41) is 0. The second-order valence-electron chi connectivity index (χ2n) is 4.71. The summed E-state index contributed by atoms with van der Waals surface area (Å²) in [4.78, 5) is 0.335. The zero-order valence-corrected chi connectivity index (χ0v) is 13.0. The summed E-state index contributed by atoms with van der Waals surface area (Å²) in [6, 6.07) is 14.8. The van der Waals surface area contributed by atoms with Crippen LogP contribution in [0, 0.1) is 0 Å². The molecular weight excluding hydrogens is 294 g/mol. The summed E-state index contributed by atoms with van der Waals surface area (Å²) in [5.41, 5.74) is 8.73. The molecule has 0 bridgehead atoms. The van der Waals surface area contributed by atoms with Crippen LogP contribution in [0.2, 0.25) is 0 Å². The van der Waals surface area contributed by atoms with Crippen LogP contribution in [0.25, 0.3) is 11.1 Å². The second-order valence-corrected chi connectivity index (χ2v) is 6.73. The standard InChI is InChI=1S/C15H17NO2S.ClH/c1-11(16)12-6-8-13(9-7-12)14-4-3-5-15(10-14)19(2,17)18;/h3-11H,16H2,1-2H3;1H/t11-;/m0./s1. The Bertz CT molecular complexity index is 679. The first-order valence-corrected chi connectivity index (χ1v) is 7.93. The lowest BCUT2D eigenvalue weighted by Gasteiger charge is -2.08. The van der Waals surface area contributed by atoms with Crippen LogP contribution < -0.4 is 5.73 Å². The third kappa shape index (κ3) is 3.82. The number of hydrogen-bond acceptors (Lipinski definition) is 3. The molecule has 0 saturated heterocycles. The zero-order valence-electron chi connectivity index (χ0n) is 11.4. The monoisotopic (exact) mass is 311 g/mol. The van der Waals surface area contributed by atoms with E-state index >= 15 is 0 Å². The number of hydrogen-bond donors (Lipinski definition) is 1. The lowest BCUT2D eigenvalue weighted by atomic mass is 10.0. The maximum absolute atomic E-state index is 11.5. The minimum Gasteiger partial charge on any atom is -0.324 e. The van der Waals surface area contributed by atoms with Gasteiger partial charge in [-0.05, 0) is 35.7 Å². The van der Waals surface area contributed by atoms with Crippen molar-refractivity contribution in [2.75, 3.05) is 6.26 Å². The summed E-state index contributed by atoms with van der Waals surface area (Å²) in [6.45, 7) is 1.93. The number of benzene rings is 2. The van der Waals surface area contributed by atoms with Crippen LogP contribution in [0.4, 0.5) is 0 Å². The van der Waals surface area contributed by atoms with E-state index < -0.39 is 9.84 Å². The minimum atomic E-state index is -3.17. The highest BCUT2D eigenvalue weighted by molar-refractivity contribution is 7.90. The van der Waals surface area contributed by atoms with Gasteiger partial charge < -0.3 is 5.73 Å². The van der Waals surface area contributed by atoms with Gasteiger partial charge in [-0.15, -0.1) is 12.4 Å². The van der Waals surface area contributed by atoms with Gasteiger partial charge in [0.05, 0.1) is 4.90 Å². The van der Waals surface area contributed by atoms with Crippen molar-refractivity contribution in [2.24, 2.45) is 5.73 Å². The first-order chi connectivity index (χ1) is 8.88. The van der Waals surface area contributed by atoms with E-state index in [4.69, 9.17) is 5.73 Å². The first kappa shape index (κ1) is 16.7. The molecule has 5 heteroatoms. The van der Waals surface area contributed by atoms with E-state index in [2.05, 4.69) is 0 Å². The Hall–Kier alpha value is -1.36. The molecule has 0 aliphatic rings. The van der Waals surface area contributed by atoms with Gasteiger partial charge >= 0.3 is 0 Å². The number of halogens is 1. The van der Waals surface area contributed by atoms with Crippen molar-refractivity contribution in [3.05, 3.63) is 54.1 Å². The Labute approximate surface area is 126 Å². The van der Waals surface area contributed by atoms with Gasteiger partial charge in [-0.2, -0.15) is 0 Å². The largest absolute Gasteiger partial charge is 0.324 e. The van der Waals surface area contributed by atoms with E-state index in [1.54, 1.807) is 18.2 Å². The number of nitrogens with two attached hydrogens (primary N) is 1. The molecule has 0 fully saturated rings. The predicted molar refractivity (Wildman–Crippen MR) is 84.8 cm³/mol. The van der Waals surface area contributed by atoms with Crippen molar-refractivity contribution in [2.45, 2.75) is 17.9 Å². The molecule has 3 nitrogen and oxygen atoms in total. The fraction of sp³-hybridized carbons (Fsp3) is 0.200. The fourth-order valence-corrected chi connectivity index (χ4v) is 2.55. The summed E-state index contributed by atoms with van der Waals surface area (Å²) < 4.78 is 23.1. The van der Waals surface area contributed by atoms with Crippen LogP contribution in [-0.2, 0) is 9.84 Å². The SMILES string of the molecule is C[C@H](N)c1ccc(-c2cccc(S(C)(=O)=O)c2)cc1.Cl. The molecule has 2 aromatic carbocycles. The number of rotatable bonds is 3. The van der Waals surface area contributed by atoms with Gasteiger partial charge in [-0.1, -0.05) is 36.4 Å². The smallest absolute Gasteiger partial charge is 0.175 e. The minimum absolute atomic E-state index is 0. The highest BCUT2D eigenvalue weighted by Crippen LogP contribution is 2.23. The third-order valence-corrected chi connectivity index (χ3v) is 4.14. The molecule has 108 valence electrons. The molecule has 0 unspecified atom stereocenters. The molecule has 1 atom stereocenters. The highest BCUT2D eigenvalue weighted by Gasteiger charge is 2.08. The zero-order chi connectivity index (χ0) is 14.0. The van der Waals surface area contributed by atoms with Gasteiger partial charge in [0.25, 0.3) is 0 Å². The van der Waals surface area contributed by atoms with Crippen LogP contribution in [0.1, 0.15) is 18.5 Å². The summed E-state index contributed by atoms with van der Waals surface area (Å²) >= 11 is 0. The average Bonchev–Trinajstić information content (AvgIpc) is 2.38. The van der Waals surface area contributed by atoms with Crippen molar-refractivity contribution in [1.82, 2.24) is 0 Å². The van der Waals surface area contributed by atoms with Crippen molar-refractivity contribution in [3.8, 4) is 11.1 Å². The van der Waals surface area contributed by atoms with E-state index in [0.29, 0.717) is 4.90 Å². The summed E-state index contributed by atoms with van der Waals surface area (Å²) in [5.74, 6) is 0. The van der Waals surface area contributed by atoms with Crippen molar-refractivity contribution < 1.29 is 8.42 Å². The van der Waals surface area contributed by atoms with E-state index in [1.165, 1.54) is 6.26 Å². The van der Waals surface area contributed by atoms with E-state index in [-0.39, 0.29) is 18.4 Å². The first-order valence-electron chi connectivity index (χ1n) is 6.04. The van der Waals surface area contributed by atoms with Gasteiger partial charge in [0.1, 0.15) is 0 Å². The van der Waals surface area contributed by atoms with Crippen LogP contribution in [0.3, 0.4) is 0 Å². The van der Waals surface area contributed by atoms with Crippen molar-refractivity contribution in [1.29, 1.82) is 0 Å². The molecule has 0 aromatic heterocycles. The Morgan fingerprint density at radius 2 is 1.60 bits per heavy atom. The van der Waals surface area contributed by atoms with Gasteiger partial charge in [0.15, 0.2) is 9.84 Å². The molecule has 0 heterocycles. The molecule has 2 rings (SSSR count). The van der Waals surface area contributed by atoms with Gasteiger partial charge in [-0.25, -0.2) is 8.42 Å². The van der Waals surface area contributed by atoms with Gasteiger partial charge in [0, 0.05) is 12.3 Å².